The number of benzene rings is 2. The number of rotatable bonds is 4. The number of hydrogen-bond donors (Lipinski definition) is 1. The smallest absolute Gasteiger partial charge is 0.266 e. The number of ether oxygens (including phenoxy) is 1. The molecule has 0 aliphatic carbocycles. The number of carbonyl (C=O) groups excluding carboxylic acids is 1. The van der Waals surface area contributed by atoms with Gasteiger partial charge in [0, 0.05) is 10.7 Å². The summed E-state index contributed by atoms with van der Waals surface area (Å²) in [5, 5.41) is 12.7. The number of nitrogens with one attached hydrogen (secondary N) is 1. The maximum absolute atomic E-state index is 12.2. The van der Waals surface area contributed by atoms with Crippen LogP contribution in [0.1, 0.15) is 5.56 Å². The van der Waals surface area contributed by atoms with Crippen LogP contribution in [0.15, 0.2) is 42.0 Å². The highest BCUT2D eigenvalue weighted by molar-refractivity contribution is 6.44. The van der Waals surface area contributed by atoms with Gasteiger partial charge in [-0.2, -0.15) is 5.26 Å². The van der Waals surface area contributed by atoms with Gasteiger partial charge in [0.2, 0.25) is 0 Å². The molecule has 1 N–H and O–H groups in total. The van der Waals surface area contributed by atoms with Crippen LogP contribution in [0.25, 0.3) is 6.08 Å². The average Bonchev–Trinajstić information content (AvgIpc) is 2.57. The first-order valence-electron chi connectivity index (χ1n) is 6.66. The van der Waals surface area contributed by atoms with Crippen molar-refractivity contribution in [3.8, 4) is 11.8 Å². The molecule has 122 valence electrons. The highest BCUT2D eigenvalue weighted by atomic mass is 35.5. The van der Waals surface area contributed by atoms with Gasteiger partial charge in [0.05, 0.1) is 17.2 Å². The third-order valence-electron chi connectivity index (χ3n) is 3.03. The molecule has 1 amide bonds. The van der Waals surface area contributed by atoms with Crippen LogP contribution in [0, 0.1) is 11.3 Å². The highest BCUT2D eigenvalue weighted by Gasteiger charge is 2.12. The highest BCUT2D eigenvalue weighted by Crippen LogP contribution is 2.31. The zero-order chi connectivity index (χ0) is 17.7. The lowest BCUT2D eigenvalue weighted by molar-refractivity contribution is -0.112. The third kappa shape index (κ3) is 4.42. The Hall–Kier alpha value is -2.19. The maximum atomic E-state index is 12.2. The van der Waals surface area contributed by atoms with Crippen molar-refractivity contribution in [3.63, 3.8) is 0 Å². The van der Waals surface area contributed by atoms with E-state index in [1.54, 1.807) is 31.4 Å². The molecule has 0 radical (unpaired) electrons. The maximum Gasteiger partial charge on any atom is 0.266 e. The van der Waals surface area contributed by atoms with E-state index >= 15 is 0 Å². The Balaban J connectivity index is 2.27. The predicted molar refractivity (Wildman–Crippen MR) is 96.7 cm³/mol. The molecule has 0 aromatic heterocycles. The summed E-state index contributed by atoms with van der Waals surface area (Å²) in [7, 11) is 1.55. The monoisotopic (exact) mass is 380 g/mol. The molecule has 4 nitrogen and oxygen atoms in total. The third-order valence-corrected chi connectivity index (χ3v) is 4.07. The van der Waals surface area contributed by atoms with E-state index in [4.69, 9.17) is 39.5 Å². The average molecular weight is 382 g/mol. The minimum absolute atomic E-state index is 0.133. The summed E-state index contributed by atoms with van der Waals surface area (Å²) in [5.41, 5.74) is 0.777. The quantitative estimate of drug-likeness (QED) is 0.450. The number of nitriles is 1. The van der Waals surface area contributed by atoms with Crippen LogP contribution < -0.4 is 10.1 Å². The van der Waals surface area contributed by atoms with E-state index in [1.807, 2.05) is 6.07 Å². The molecule has 0 atom stereocenters. The molecular formula is C17H11Cl3N2O2. The van der Waals surface area contributed by atoms with Gasteiger partial charge < -0.3 is 10.1 Å². The van der Waals surface area contributed by atoms with Gasteiger partial charge in [-0.1, -0.05) is 34.8 Å². The van der Waals surface area contributed by atoms with Crippen molar-refractivity contribution in [2.45, 2.75) is 0 Å². The minimum Gasteiger partial charge on any atom is -0.497 e. The number of nitrogens with zero attached hydrogens (tertiary/aromatic N) is 1. The normalized spacial score (nSPS) is 10.9. The molecule has 0 fully saturated rings. The molecule has 0 aliphatic heterocycles. The second-order valence-electron chi connectivity index (χ2n) is 4.64. The molecule has 0 spiro atoms. The molecule has 7 heteroatoms. The topological polar surface area (TPSA) is 62.1 Å². The first-order chi connectivity index (χ1) is 11.4. The molecule has 0 heterocycles. The van der Waals surface area contributed by atoms with E-state index < -0.39 is 5.91 Å². The van der Waals surface area contributed by atoms with Crippen molar-refractivity contribution in [1.82, 2.24) is 0 Å². The van der Waals surface area contributed by atoms with Gasteiger partial charge in [-0.05, 0) is 48.0 Å². The summed E-state index contributed by atoms with van der Waals surface area (Å²) in [5.74, 6) is 0.0826. The molecule has 0 unspecified atom stereocenters. The molecule has 24 heavy (non-hydrogen) atoms. The van der Waals surface area contributed by atoms with Crippen molar-refractivity contribution >= 4 is 52.5 Å². The summed E-state index contributed by atoms with van der Waals surface area (Å²) in [4.78, 5) is 12.2. The summed E-state index contributed by atoms with van der Waals surface area (Å²) < 4.78 is 5.04. The van der Waals surface area contributed by atoms with Crippen LogP contribution in [-0.2, 0) is 4.79 Å². The van der Waals surface area contributed by atoms with E-state index in [0.717, 1.165) is 0 Å². The minimum atomic E-state index is -0.574. The summed E-state index contributed by atoms with van der Waals surface area (Å²) in [6.07, 6.45) is 1.33. The van der Waals surface area contributed by atoms with Crippen molar-refractivity contribution in [1.29, 1.82) is 5.26 Å². The predicted octanol–water partition coefficient (Wildman–Crippen LogP) is 5.20. The fraction of sp³-hybridized carbons (Fsp3) is 0.0588. The lowest BCUT2D eigenvalue weighted by atomic mass is 10.1. The molecule has 2 aromatic carbocycles. The van der Waals surface area contributed by atoms with Gasteiger partial charge in [-0.15, -0.1) is 0 Å². The van der Waals surface area contributed by atoms with E-state index in [1.165, 1.54) is 18.2 Å². The Kier molecular flexibility index (Phi) is 6.10. The number of amides is 1. The molecule has 0 bridgehead atoms. The standard InChI is InChI=1S/C17H11Cl3N2O2/c1-24-14-4-2-13(3-5-14)22-17(23)11(9-21)6-10-7-12(18)8-15(19)16(10)20/h2-8H,1H3,(H,22,23). The zero-order valence-electron chi connectivity index (χ0n) is 12.4. The summed E-state index contributed by atoms with van der Waals surface area (Å²) in [6.45, 7) is 0. The molecular weight excluding hydrogens is 371 g/mol. The van der Waals surface area contributed by atoms with E-state index in [-0.39, 0.29) is 15.6 Å². The van der Waals surface area contributed by atoms with E-state index in [9.17, 15) is 10.1 Å². The molecule has 2 aromatic rings. The number of methoxy groups -OCH3 is 1. The molecule has 0 saturated carbocycles. The van der Waals surface area contributed by atoms with Gasteiger partial charge in [-0.3, -0.25) is 4.79 Å². The first-order valence-corrected chi connectivity index (χ1v) is 7.79. The Labute approximate surface area is 154 Å². The Bertz CT molecular complexity index is 840. The van der Waals surface area contributed by atoms with Crippen molar-refractivity contribution in [3.05, 3.63) is 62.6 Å². The zero-order valence-corrected chi connectivity index (χ0v) is 14.7. The fourth-order valence-electron chi connectivity index (χ4n) is 1.86. The van der Waals surface area contributed by atoms with Gasteiger partial charge in [0.1, 0.15) is 17.4 Å². The summed E-state index contributed by atoms with van der Waals surface area (Å²) >= 11 is 17.9. The Morgan fingerprint density at radius 2 is 1.88 bits per heavy atom. The summed E-state index contributed by atoms with van der Waals surface area (Å²) in [6, 6.07) is 11.5. The molecule has 0 saturated heterocycles. The van der Waals surface area contributed by atoms with Crippen molar-refractivity contribution in [2.24, 2.45) is 0 Å². The lowest BCUT2D eigenvalue weighted by Gasteiger charge is -2.07. The van der Waals surface area contributed by atoms with E-state index in [0.29, 0.717) is 22.0 Å². The van der Waals surface area contributed by atoms with Crippen LogP contribution in [0.4, 0.5) is 5.69 Å². The largest absolute Gasteiger partial charge is 0.497 e. The van der Waals surface area contributed by atoms with Crippen LogP contribution in [0.2, 0.25) is 15.1 Å². The van der Waals surface area contributed by atoms with Crippen LogP contribution >= 0.6 is 34.8 Å². The fourth-order valence-corrected chi connectivity index (χ4v) is 2.53. The van der Waals surface area contributed by atoms with Crippen molar-refractivity contribution in [2.75, 3.05) is 12.4 Å². The number of carbonyl (C=O) groups is 1. The Morgan fingerprint density at radius 3 is 2.46 bits per heavy atom. The van der Waals surface area contributed by atoms with E-state index in [2.05, 4.69) is 5.32 Å². The van der Waals surface area contributed by atoms with Gasteiger partial charge in [-0.25, -0.2) is 0 Å². The van der Waals surface area contributed by atoms with Crippen LogP contribution in [0.3, 0.4) is 0 Å². The van der Waals surface area contributed by atoms with Crippen LogP contribution in [-0.4, -0.2) is 13.0 Å². The first kappa shape index (κ1) is 18.2. The van der Waals surface area contributed by atoms with Crippen LogP contribution in [0.5, 0.6) is 5.75 Å². The second-order valence-corrected chi connectivity index (χ2v) is 5.86. The van der Waals surface area contributed by atoms with Gasteiger partial charge in [0.15, 0.2) is 0 Å². The number of anilines is 1. The number of halogens is 3. The van der Waals surface area contributed by atoms with Crippen molar-refractivity contribution < 1.29 is 9.53 Å². The molecule has 0 aliphatic rings. The number of hydrogen-bond acceptors (Lipinski definition) is 3. The lowest BCUT2D eigenvalue weighted by Crippen LogP contribution is -2.13. The second kappa shape index (κ2) is 8.07. The molecule has 2 rings (SSSR count). The van der Waals surface area contributed by atoms with Gasteiger partial charge >= 0.3 is 0 Å². The SMILES string of the molecule is COc1ccc(NC(=O)C(C#N)=Cc2cc(Cl)cc(Cl)c2Cl)cc1. The Morgan fingerprint density at radius 1 is 1.21 bits per heavy atom. The van der Waals surface area contributed by atoms with Gasteiger partial charge in [0.25, 0.3) is 5.91 Å².